The molecule has 1 amide bonds. The van der Waals surface area contributed by atoms with Crippen molar-refractivity contribution in [3.05, 3.63) is 0 Å². The normalized spacial score (nSPS) is 26.4. The molecule has 3 nitrogen and oxygen atoms in total. The first-order chi connectivity index (χ1) is 8.15. The zero-order valence-electron chi connectivity index (χ0n) is 10.7. The van der Waals surface area contributed by atoms with Crippen molar-refractivity contribution in [2.24, 2.45) is 17.6 Å². The molecule has 0 saturated heterocycles. The molecule has 0 heterocycles. The lowest BCUT2D eigenvalue weighted by Crippen LogP contribution is -2.51. The SMILES string of the molecule is NC1(CC(=O)N(CC2CC2)CC2CC2)CCC1. The zero-order valence-corrected chi connectivity index (χ0v) is 10.7. The monoisotopic (exact) mass is 236 g/mol. The van der Waals surface area contributed by atoms with Crippen LogP contribution in [-0.4, -0.2) is 29.4 Å². The highest BCUT2D eigenvalue weighted by molar-refractivity contribution is 5.77. The number of carbonyl (C=O) groups is 1. The van der Waals surface area contributed by atoms with Crippen LogP contribution in [0.1, 0.15) is 51.4 Å². The molecule has 3 aliphatic carbocycles. The Morgan fingerprint density at radius 3 is 2.00 bits per heavy atom. The van der Waals surface area contributed by atoms with E-state index in [1.54, 1.807) is 0 Å². The van der Waals surface area contributed by atoms with Gasteiger partial charge in [-0.1, -0.05) is 0 Å². The molecule has 3 rings (SSSR count). The minimum atomic E-state index is -0.150. The molecule has 0 atom stereocenters. The minimum Gasteiger partial charge on any atom is -0.342 e. The molecule has 96 valence electrons. The summed E-state index contributed by atoms with van der Waals surface area (Å²) in [7, 11) is 0. The topological polar surface area (TPSA) is 46.3 Å². The molecule has 0 aliphatic heterocycles. The molecule has 0 spiro atoms. The third-order valence-electron chi connectivity index (χ3n) is 4.56. The van der Waals surface area contributed by atoms with Gasteiger partial charge in [-0.3, -0.25) is 4.79 Å². The molecular formula is C14H24N2O. The smallest absolute Gasteiger partial charge is 0.224 e. The van der Waals surface area contributed by atoms with Crippen molar-refractivity contribution >= 4 is 5.91 Å². The third kappa shape index (κ3) is 3.01. The fraction of sp³-hybridized carbons (Fsp3) is 0.929. The summed E-state index contributed by atoms with van der Waals surface area (Å²) in [6.45, 7) is 2.01. The Hall–Kier alpha value is -0.570. The van der Waals surface area contributed by atoms with Crippen molar-refractivity contribution < 1.29 is 4.79 Å². The number of nitrogens with zero attached hydrogens (tertiary/aromatic N) is 1. The number of hydrogen-bond acceptors (Lipinski definition) is 2. The standard InChI is InChI=1S/C14H24N2O/c15-14(6-1-7-14)8-13(17)16(9-11-2-3-11)10-12-4-5-12/h11-12H,1-10,15H2. The van der Waals surface area contributed by atoms with Gasteiger partial charge in [-0.2, -0.15) is 0 Å². The zero-order chi connectivity index (χ0) is 11.9. The molecule has 0 aromatic rings. The Labute approximate surface area is 104 Å². The minimum absolute atomic E-state index is 0.150. The summed E-state index contributed by atoms with van der Waals surface area (Å²) in [6.07, 6.45) is 9.16. The van der Waals surface area contributed by atoms with E-state index in [1.807, 2.05) is 0 Å². The second kappa shape index (κ2) is 4.27. The summed E-state index contributed by atoms with van der Waals surface area (Å²) >= 11 is 0. The van der Waals surface area contributed by atoms with Crippen LogP contribution in [0.4, 0.5) is 0 Å². The summed E-state index contributed by atoms with van der Waals surface area (Å²) in [4.78, 5) is 14.5. The summed E-state index contributed by atoms with van der Waals surface area (Å²) in [5.74, 6) is 1.92. The highest BCUT2D eigenvalue weighted by Gasteiger charge is 2.38. The lowest BCUT2D eigenvalue weighted by molar-refractivity contribution is -0.133. The van der Waals surface area contributed by atoms with Crippen LogP contribution in [0.25, 0.3) is 0 Å². The molecule has 2 N–H and O–H groups in total. The molecule has 0 unspecified atom stereocenters. The molecule has 3 heteroatoms. The average molecular weight is 236 g/mol. The van der Waals surface area contributed by atoms with Crippen LogP contribution in [0.2, 0.25) is 0 Å². The first-order valence-corrected chi connectivity index (χ1v) is 7.21. The van der Waals surface area contributed by atoms with E-state index in [-0.39, 0.29) is 5.54 Å². The van der Waals surface area contributed by atoms with Crippen molar-refractivity contribution in [1.29, 1.82) is 0 Å². The maximum atomic E-state index is 12.3. The molecule has 0 aromatic carbocycles. The van der Waals surface area contributed by atoms with Gasteiger partial charge < -0.3 is 10.6 Å². The van der Waals surface area contributed by atoms with E-state index >= 15 is 0 Å². The maximum Gasteiger partial charge on any atom is 0.224 e. The van der Waals surface area contributed by atoms with Crippen molar-refractivity contribution in [3.8, 4) is 0 Å². The Morgan fingerprint density at radius 1 is 1.12 bits per heavy atom. The highest BCUT2D eigenvalue weighted by atomic mass is 16.2. The van der Waals surface area contributed by atoms with Gasteiger partial charge in [0, 0.05) is 25.0 Å². The van der Waals surface area contributed by atoms with E-state index in [4.69, 9.17) is 5.73 Å². The fourth-order valence-corrected chi connectivity index (χ4v) is 2.72. The van der Waals surface area contributed by atoms with E-state index in [2.05, 4.69) is 4.90 Å². The van der Waals surface area contributed by atoms with Gasteiger partial charge in [0.1, 0.15) is 0 Å². The Balaban J connectivity index is 1.53. The van der Waals surface area contributed by atoms with Crippen LogP contribution < -0.4 is 5.73 Å². The number of hydrogen-bond donors (Lipinski definition) is 1. The Bertz CT molecular complexity index is 289. The first-order valence-electron chi connectivity index (χ1n) is 7.21. The second-order valence-corrected chi connectivity index (χ2v) is 6.58. The summed E-state index contributed by atoms with van der Waals surface area (Å²) in [6, 6.07) is 0. The molecule has 3 fully saturated rings. The van der Waals surface area contributed by atoms with E-state index in [0.29, 0.717) is 12.3 Å². The number of nitrogens with two attached hydrogens (primary N) is 1. The summed E-state index contributed by atoms with van der Waals surface area (Å²) in [5, 5.41) is 0. The highest BCUT2D eigenvalue weighted by Crippen LogP contribution is 2.36. The summed E-state index contributed by atoms with van der Waals surface area (Å²) in [5.41, 5.74) is 6.04. The van der Waals surface area contributed by atoms with Crippen LogP contribution in [0, 0.1) is 11.8 Å². The lowest BCUT2D eigenvalue weighted by atomic mass is 9.75. The van der Waals surface area contributed by atoms with E-state index < -0.39 is 0 Å². The molecular weight excluding hydrogens is 212 g/mol. The molecule has 17 heavy (non-hydrogen) atoms. The van der Waals surface area contributed by atoms with E-state index in [0.717, 1.165) is 37.8 Å². The molecule has 0 radical (unpaired) electrons. The number of carbonyl (C=O) groups excluding carboxylic acids is 1. The van der Waals surface area contributed by atoms with Crippen molar-refractivity contribution in [3.63, 3.8) is 0 Å². The van der Waals surface area contributed by atoms with Crippen molar-refractivity contribution in [1.82, 2.24) is 4.90 Å². The number of amides is 1. The van der Waals surface area contributed by atoms with Gasteiger partial charge >= 0.3 is 0 Å². The van der Waals surface area contributed by atoms with Crippen LogP contribution in [0.15, 0.2) is 0 Å². The first kappa shape index (κ1) is 11.5. The van der Waals surface area contributed by atoms with Gasteiger partial charge in [0.2, 0.25) is 5.91 Å². The van der Waals surface area contributed by atoms with Crippen LogP contribution in [0.5, 0.6) is 0 Å². The van der Waals surface area contributed by atoms with Gasteiger partial charge in [-0.25, -0.2) is 0 Å². The van der Waals surface area contributed by atoms with Gasteiger partial charge in [-0.05, 0) is 56.8 Å². The predicted molar refractivity (Wildman–Crippen MR) is 67.4 cm³/mol. The van der Waals surface area contributed by atoms with Gasteiger partial charge in [0.25, 0.3) is 0 Å². The molecule has 0 bridgehead atoms. The number of rotatable bonds is 6. The Kier molecular flexibility index (Phi) is 2.89. The van der Waals surface area contributed by atoms with Gasteiger partial charge in [0.15, 0.2) is 0 Å². The van der Waals surface area contributed by atoms with Crippen molar-refractivity contribution in [2.75, 3.05) is 13.1 Å². The van der Waals surface area contributed by atoms with Crippen molar-refractivity contribution in [2.45, 2.75) is 56.9 Å². The predicted octanol–water partition coefficient (Wildman–Crippen LogP) is 1.91. The van der Waals surface area contributed by atoms with Gasteiger partial charge in [0.05, 0.1) is 0 Å². The summed E-state index contributed by atoms with van der Waals surface area (Å²) < 4.78 is 0. The molecule has 3 saturated carbocycles. The second-order valence-electron chi connectivity index (χ2n) is 6.58. The van der Waals surface area contributed by atoms with E-state index in [1.165, 1.54) is 32.1 Å². The quantitative estimate of drug-likeness (QED) is 0.765. The largest absolute Gasteiger partial charge is 0.342 e. The molecule has 3 aliphatic rings. The van der Waals surface area contributed by atoms with Crippen LogP contribution in [-0.2, 0) is 4.79 Å². The van der Waals surface area contributed by atoms with Crippen LogP contribution in [0.3, 0.4) is 0 Å². The van der Waals surface area contributed by atoms with Crippen LogP contribution >= 0.6 is 0 Å². The average Bonchev–Trinajstić information content (AvgIpc) is 3.08. The fourth-order valence-electron chi connectivity index (χ4n) is 2.72. The van der Waals surface area contributed by atoms with E-state index in [9.17, 15) is 4.79 Å². The third-order valence-corrected chi connectivity index (χ3v) is 4.56. The maximum absolute atomic E-state index is 12.3. The lowest BCUT2D eigenvalue weighted by Gasteiger charge is -2.39. The Morgan fingerprint density at radius 2 is 1.65 bits per heavy atom. The molecule has 0 aromatic heterocycles. The van der Waals surface area contributed by atoms with Gasteiger partial charge in [-0.15, -0.1) is 0 Å².